The highest BCUT2D eigenvalue weighted by Crippen LogP contribution is 2.25. The predicted molar refractivity (Wildman–Crippen MR) is 100 cm³/mol. The zero-order valence-electron chi connectivity index (χ0n) is 13.8. The molecule has 1 heterocycles. The van der Waals surface area contributed by atoms with Crippen LogP contribution in [0.1, 0.15) is 23.2 Å². The van der Waals surface area contributed by atoms with E-state index >= 15 is 0 Å². The Kier molecular flexibility index (Phi) is 5.79. The smallest absolute Gasteiger partial charge is 0.255 e. The van der Waals surface area contributed by atoms with Crippen molar-refractivity contribution in [2.75, 3.05) is 18.4 Å². The van der Waals surface area contributed by atoms with Crippen molar-refractivity contribution < 1.29 is 14.0 Å². The van der Waals surface area contributed by atoms with Crippen LogP contribution in [0.5, 0.6) is 0 Å². The van der Waals surface area contributed by atoms with Crippen molar-refractivity contribution in [2.24, 2.45) is 5.92 Å². The third kappa shape index (κ3) is 4.34. The fourth-order valence-corrected chi connectivity index (χ4v) is 3.44. The van der Waals surface area contributed by atoms with Gasteiger partial charge in [-0.25, -0.2) is 4.39 Å². The Labute approximate surface area is 160 Å². The van der Waals surface area contributed by atoms with Crippen LogP contribution >= 0.6 is 23.2 Å². The molecule has 3 rings (SSSR count). The number of carbonyl (C=O) groups excluding carboxylic acids is 2. The van der Waals surface area contributed by atoms with Gasteiger partial charge in [0, 0.05) is 29.7 Å². The van der Waals surface area contributed by atoms with Crippen molar-refractivity contribution in [1.82, 2.24) is 4.90 Å². The van der Waals surface area contributed by atoms with Crippen molar-refractivity contribution in [3.8, 4) is 0 Å². The second-order valence-electron chi connectivity index (χ2n) is 6.19. The number of hydrogen-bond acceptors (Lipinski definition) is 2. The quantitative estimate of drug-likeness (QED) is 0.825. The summed E-state index contributed by atoms with van der Waals surface area (Å²) in [4.78, 5) is 26.6. The van der Waals surface area contributed by atoms with Crippen LogP contribution < -0.4 is 5.32 Å². The number of likely N-dealkylation sites (tertiary alicyclic amines) is 1. The van der Waals surface area contributed by atoms with Gasteiger partial charge >= 0.3 is 0 Å². The lowest BCUT2D eigenvalue weighted by atomic mass is 9.95. The SMILES string of the molecule is O=C(Nc1ccc(F)cc1)C1CCN(C(=O)c2ccc(Cl)cc2Cl)CC1. The minimum absolute atomic E-state index is 0.117. The molecule has 7 heteroatoms. The van der Waals surface area contributed by atoms with Crippen molar-refractivity contribution in [2.45, 2.75) is 12.8 Å². The zero-order chi connectivity index (χ0) is 18.7. The van der Waals surface area contributed by atoms with Gasteiger partial charge < -0.3 is 10.2 Å². The highest BCUT2D eigenvalue weighted by atomic mass is 35.5. The van der Waals surface area contributed by atoms with Gasteiger partial charge in [0.1, 0.15) is 5.82 Å². The van der Waals surface area contributed by atoms with Crippen LogP contribution in [-0.2, 0) is 4.79 Å². The summed E-state index contributed by atoms with van der Waals surface area (Å²) in [5.41, 5.74) is 0.966. The summed E-state index contributed by atoms with van der Waals surface area (Å²) in [6, 6.07) is 10.4. The molecule has 0 spiro atoms. The molecule has 0 unspecified atom stereocenters. The summed E-state index contributed by atoms with van der Waals surface area (Å²) < 4.78 is 12.9. The summed E-state index contributed by atoms with van der Waals surface area (Å²) in [6.07, 6.45) is 1.12. The van der Waals surface area contributed by atoms with E-state index in [1.165, 1.54) is 24.3 Å². The third-order valence-corrected chi connectivity index (χ3v) is 4.97. The van der Waals surface area contributed by atoms with E-state index in [0.717, 1.165) is 0 Å². The number of nitrogens with one attached hydrogen (secondary N) is 1. The van der Waals surface area contributed by atoms with Gasteiger partial charge in [0.05, 0.1) is 10.6 Å². The first kappa shape index (κ1) is 18.7. The molecule has 0 aromatic heterocycles. The van der Waals surface area contributed by atoms with Crippen molar-refractivity contribution in [1.29, 1.82) is 0 Å². The van der Waals surface area contributed by atoms with Gasteiger partial charge in [-0.15, -0.1) is 0 Å². The maximum absolute atomic E-state index is 12.9. The average Bonchev–Trinajstić information content (AvgIpc) is 2.63. The summed E-state index contributed by atoms with van der Waals surface area (Å²) in [6.45, 7) is 0.943. The number of piperidine rings is 1. The van der Waals surface area contributed by atoms with Gasteiger partial charge in [0.25, 0.3) is 5.91 Å². The lowest BCUT2D eigenvalue weighted by molar-refractivity contribution is -0.121. The molecule has 4 nitrogen and oxygen atoms in total. The predicted octanol–water partition coefficient (Wildman–Crippen LogP) is 4.62. The van der Waals surface area contributed by atoms with Crippen LogP contribution in [0.4, 0.5) is 10.1 Å². The molecular weight excluding hydrogens is 378 g/mol. The number of rotatable bonds is 3. The van der Waals surface area contributed by atoms with E-state index in [-0.39, 0.29) is 23.5 Å². The van der Waals surface area contributed by atoms with Crippen molar-refractivity contribution >= 4 is 40.7 Å². The van der Waals surface area contributed by atoms with Gasteiger partial charge in [-0.2, -0.15) is 0 Å². The summed E-state index contributed by atoms with van der Waals surface area (Å²) in [7, 11) is 0. The van der Waals surface area contributed by atoms with Gasteiger partial charge in [-0.3, -0.25) is 9.59 Å². The van der Waals surface area contributed by atoms with E-state index in [1.807, 2.05) is 0 Å². The first-order valence-corrected chi connectivity index (χ1v) is 9.00. The van der Waals surface area contributed by atoms with E-state index in [2.05, 4.69) is 5.32 Å². The van der Waals surface area contributed by atoms with Crippen LogP contribution in [0, 0.1) is 11.7 Å². The Morgan fingerprint density at radius 1 is 1.04 bits per heavy atom. The Morgan fingerprint density at radius 3 is 2.31 bits per heavy atom. The van der Waals surface area contributed by atoms with Crippen molar-refractivity contribution in [3.05, 3.63) is 63.9 Å². The first-order chi connectivity index (χ1) is 12.4. The molecule has 1 N–H and O–H groups in total. The molecule has 0 aliphatic carbocycles. The molecule has 0 saturated carbocycles. The molecular formula is C19H17Cl2FN2O2. The normalized spacial score (nSPS) is 15.0. The number of hydrogen-bond donors (Lipinski definition) is 1. The molecule has 1 aliphatic heterocycles. The number of halogens is 3. The molecule has 0 atom stereocenters. The molecule has 2 amide bonds. The first-order valence-electron chi connectivity index (χ1n) is 8.25. The maximum Gasteiger partial charge on any atom is 0.255 e. The molecule has 1 aliphatic rings. The second kappa shape index (κ2) is 8.06. The monoisotopic (exact) mass is 394 g/mol. The number of nitrogens with zero attached hydrogens (tertiary/aromatic N) is 1. The van der Waals surface area contributed by atoms with Crippen LogP contribution in [0.25, 0.3) is 0 Å². The van der Waals surface area contributed by atoms with Crippen LogP contribution in [-0.4, -0.2) is 29.8 Å². The van der Waals surface area contributed by atoms with Crippen LogP contribution in [0.15, 0.2) is 42.5 Å². The van der Waals surface area contributed by atoms with Crippen molar-refractivity contribution in [3.63, 3.8) is 0 Å². The van der Waals surface area contributed by atoms with Gasteiger partial charge in [-0.05, 0) is 55.3 Å². The fourth-order valence-electron chi connectivity index (χ4n) is 2.96. The van der Waals surface area contributed by atoms with E-state index in [9.17, 15) is 14.0 Å². The highest BCUT2D eigenvalue weighted by molar-refractivity contribution is 6.36. The Morgan fingerprint density at radius 2 is 1.69 bits per heavy atom. The fraction of sp³-hybridized carbons (Fsp3) is 0.263. The van der Waals surface area contributed by atoms with E-state index in [4.69, 9.17) is 23.2 Å². The Balaban J connectivity index is 1.57. The minimum atomic E-state index is -0.351. The molecule has 1 saturated heterocycles. The third-order valence-electron chi connectivity index (χ3n) is 4.43. The molecule has 1 fully saturated rings. The maximum atomic E-state index is 12.9. The standard InChI is InChI=1S/C19H17Cl2FN2O2/c20-13-1-6-16(17(21)11-13)19(26)24-9-7-12(8-10-24)18(25)23-15-4-2-14(22)3-5-15/h1-6,11-12H,7-10H2,(H,23,25). The van der Waals surface area contributed by atoms with Gasteiger partial charge in [0.2, 0.25) is 5.91 Å². The molecule has 2 aromatic rings. The summed E-state index contributed by atoms with van der Waals surface area (Å²) in [5.74, 6) is -0.822. The topological polar surface area (TPSA) is 49.4 Å². The number of carbonyl (C=O) groups is 2. The summed E-state index contributed by atoms with van der Waals surface area (Å²) >= 11 is 12.0. The number of benzene rings is 2. The number of anilines is 1. The van der Waals surface area contributed by atoms with Crippen LogP contribution in [0.3, 0.4) is 0 Å². The van der Waals surface area contributed by atoms with Crippen LogP contribution in [0.2, 0.25) is 10.0 Å². The highest BCUT2D eigenvalue weighted by Gasteiger charge is 2.28. The van der Waals surface area contributed by atoms with E-state index in [1.54, 1.807) is 23.1 Å². The van der Waals surface area contributed by atoms with Gasteiger partial charge in [0.15, 0.2) is 0 Å². The zero-order valence-corrected chi connectivity index (χ0v) is 15.4. The molecule has 0 radical (unpaired) electrons. The largest absolute Gasteiger partial charge is 0.339 e. The summed E-state index contributed by atoms with van der Waals surface area (Å²) in [5, 5.41) is 3.58. The molecule has 26 heavy (non-hydrogen) atoms. The second-order valence-corrected chi connectivity index (χ2v) is 7.03. The van der Waals surface area contributed by atoms with E-state index < -0.39 is 0 Å². The minimum Gasteiger partial charge on any atom is -0.339 e. The van der Waals surface area contributed by atoms with E-state index in [0.29, 0.717) is 47.2 Å². The Hall–Kier alpha value is -2.11. The lowest BCUT2D eigenvalue weighted by Crippen LogP contribution is -2.41. The molecule has 2 aromatic carbocycles. The lowest BCUT2D eigenvalue weighted by Gasteiger charge is -2.31. The number of amides is 2. The molecule has 0 bridgehead atoms. The van der Waals surface area contributed by atoms with Gasteiger partial charge in [-0.1, -0.05) is 23.2 Å². The molecule has 136 valence electrons. The average molecular weight is 395 g/mol. The Bertz CT molecular complexity index is 819.